The van der Waals surface area contributed by atoms with Crippen molar-refractivity contribution >= 4 is 28.2 Å². The van der Waals surface area contributed by atoms with E-state index in [-0.39, 0.29) is 11.9 Å². The van der Waals surface area contributed by atoms with E-state index in [1.165, 1.54) is 16.2 Å². The van der Waals surface area contributed by atoms with Gasteiger partial charge in [-0.2, -0.15) is 0 Å². The molecule has 132 valence electrons. The minimum absolute atomic E-state index is 0.237. The Hall–Kier alpha value is -2.21. The zero-order valence-electron chi connectivity index (χ0n) is 14.5. The van der Waals surface area contributed by atoms with Gasteiger partial charge in [-0.25, -0.2) is 4.79 Å². The highest BCUT2D eigenvalue weighted by Crippen LogP contribution is 2.41. The molecular formula is C19H22N2O3S. The molecule has 1 unspecified atom stereocenters. The van der Waals surface area contributed by atoms with Crippen molar-refractivity contribution in [2.75, 3.05) is 11.9 Å². The third-order valence-corrected chi connectivity index (χ3v) is 5.76. The van der Waals surface area contributed by atoms with Crippen LogP contribution in [0, 0.1) is 5.92 Å². The van der Waals surface area contributed by atoms with Gasteiger partial charge in [0.05, 0.1) is 12.2 Å². The van der Waals surface area contributed by atoms with Crippen LogP contribution in [0.15, 0.2) is 24.5 Å². The number of aromatic nitrogens is 1. The van der Waals surface area contributed by atoms with E-state index in [1.54, 1.807) is 31.5 Å². The Kier molecular flexibility index (Phi) is 5.48. The third kappa shape index (κ3) is 3.74. The summed E-state index contributed by atoms with van der Waals surface area (Å²) in [5.74, 6) is 0.0588. The number of esters is 1. The molecule has 0 aliphatic heterocycles. The fraction of sp³-hybridized carbons (Fsp3) is 0.421. The third-order valence-electron chi connectivity index (χ3n) is 4.59. The van der Waals surface area contributed by atoms with Gasteiger partial charge in [0.15, 0.2) is 0 Å². The molecule has 0 saturated heterocycles. The van der Waals surface area contributed by atoms with E-state index >= 15 is 0 Å². The predicted molar refractivity (Wildman–Crippen MR) is 98.3 cm³/mol. The maximum atomic E-state index is 12.5. The summed E-state index contributed by atoms with van der Waals surface area (Å²) in [7, 11) is 0. The zero-order valence-corrected chi connectivity index (χ0v) is 15.3. The van der Waals surface area contributed by atoms with Crippen LogP contribution in [0.5, 0.6) is 0 Å². The molecule has 3 rings (SSSR count). The van der Waals surface area contributed by atoms with E-state index in [2.05, 4.69) is 17.2 Å². The second-order valence-electron chi connectivity index (χ2n) is 6.14. The molecule has 1 aliphatic carbocycles. The lowest BCUT2D eigenvalue weighted by Crippen LogP contribution is -2.17. The number of hydrogen-bond donors (Lipinski definition) is 1. The number of fused-ring (bicyclic) bond motifs is 1. The monoisotopic (exact) mass is 358 g/mol. The van der Waals surface area contributed by atoms with Gasteiger partial charge in [0.25, 0.3) is 5.91 Å². The Morgan fingerprint density at radius 1 is 1.32 bits per heavy atom. The maximum absolute atomic E-state index is 12.5. The van der Waals surface area contributed by atoms with Crippen LogP contribution in [0.1, 0.15) is 57.8 Å². The highest BCUT2D eigenvalue weighted by molar-refractivity contribution is 7.17. The van der Waals surface area contributed by atoms with Gasteiger partial charge in [-0.1, -0.05) is 13.3 Å². The normalized spacial score (nSPS) is 16.2. The van der Waals surface area contributed by atoms with Crippen LogP contribution in [-0.4, -0.2) is 23.5 Å². The van der Waals surface area contributed by atoms with Crippen molar-refractivity contribution in [3.63, 3.8) is 0 Å². The second-order valence-corrected chi connectivity index (χ2v) is 7.24. The molecule has 2 aromatic heterocycles. The SMILES string of the molecule is CCOC(=O)c1c(NC(=O)c2ccncc2)sc2c1CCC(CC)C2. The van der Waals surface area contributed by atoms with Crippen LogP contribution in [0.4, 0.5) is 5.00 Å². The lowest BCUT2D eigenvalue weighted by Gasteiger charge is -2.20. The number of nitrogens with zero attached hydrogens (tertiary/aromatic N) is 1. The van der Waals surface area contributed by atoms with E-state index in [1.807, 2.05) is 0 Å². The summed E-state index contributed by atoms with van der Waals surface area (Å²) in [6.45, 7) is 4.31. The molecule has 1 amide bonds. The second kappa shape index (κ2) is 7.78. The Labute approximate surface area is 151 Å². The van der Waals surface area contributed by atoms with Gasteiger partial charge >= 0.3 is 5.97 Å². The Bertz CT molecular complexity index is 770. The molecule has 1 atom stereocenters. The minimum Gasteiger partial charge on any atom is -0.462 e. The van der Waals surface area contributed by atoms with Gasteiger partial charge in [0, 0.05) is 22.8 Å². The average Bonchev–Trinajstić information content (AvgIpc) is 2.99. The molecule has 25 heavy (non-hydrogen) atoms. The number of pyridine rings is 1. The van der Waals surface area contributed by atoms with Crippen LogP contribution in [0.25, 0.3) is 0 Å². The summed E-state index contributed by atoms with van der Waals surface area (Å²) < 4.78 is 5.24. The highest BCUT2D eigenvalue weighted by atomic mass is 32.1. The summed E-state index contributed by atoms with van der Waals surface area (Å²) in [4.78, 5) is 30.1. The van der Waals surface area contributed by atoms with Gasteiger partial charge in [-0.05, 0) is 49.8 Å². The molecule has 0 aromatic carbocycles. The number of ether oxygens (including phenoxy) is 1. The fourth-order valence-electron chi connectivity index (χ4n) is 3.19. The smallest absolute Gasteiger partial charge is 0.341 e. The predicted octanol–water partition coefficient (Wildman–Crippen LogP) is 4.09. The summed E-state index contributed by atoms with van der Waals surface area (Å²) in [6.07, 6.45) is 7.19. The van der Waals surface area contributed by atoms with Crippen molar-refractivity contribution in [2.24, 2.45) is 5.92 Å². The molecule has 0 fully saturated rings. The molecule has 0 bridgehead atoms. The Morgan fingerprint density at radius 2 is 2.08 bits per heavy atom. The quantitative estimate of drug-likeness (QED) is 0.818. The fourth-order valence-corrected chi connectivity index (χ4v) is 4.53. The first-order valence-corrected chi connectivity index (χ1v) is 9.48. The molecule has 0 spiro atoms. The van der Waals surface area contributed by atoms with Crippen LogP contribution >= 0.6 is 11.3 Å². The van der Waals surface area contributed by atoms with Crippen molar-refractivity contribution in [1.82, 2.24) is 4.98 Å². The summed E-state index contributed by atoms with van der Waals surface area (Å²) in [5, 5.41) is 3.51. The van der Waals surface area contributed by atoms with E-state index in [0.717, 1.165) is 31.2 Å². The molecule has 1 N–H and O–H groups in total. The largest absolute Gasteiger partial charge is 0.462 e. The number of amides is 1. The minimum atomic E-state index is -0.347. The van der Waals surface area contributed by atoms with Crippen LogP contribution < -0.4 is 5.32 Å². The number of thiophene rings is 1. The van der Waals surface area contributed by atoms with Crippen LogP contribution in [0.2, 0.25) is 0 Å². The lowest BCUT2D eigenvalue weighted by atomic mass is 9.85. The molecule has 2 heterocycles. The van der Waals surface area contributed by atoms with E-state index in [9.17, 15) is 9.59 Å². The van der Waals surface area contributed by atoms with Crippen molar-refractivity contribution < 1.29 is 14.3 Å². The first-order valence-electron chi connectivity index (χ1n) is 8.67. The lowest BCUT2D eigenvalue weighted by molar-refractivity contribution is 0.0526. The van der Waals surface area contributed by atoms with Crippen LogP contribution in [0.3, 0.4) is 0 Å². The average molecular weight is 358 g/mol. The van der Waals surface area contributed by atoms with E-state index in [4.69, 9.17) is 4.74 Å². The molecule has 6 heteroatoms. The van der Waals surface area contributed by atoms with E-state index < -0.39 is 0 Å². The summed E-state index contributed by atoms with van der Waals surface area (Å²) in [5.41, 5.74) is 2.11. The Morgan fingerprint density at radius 3 is 2.76 bits per heavy atom. The van der Waals surface area contributed by atoms with Gasteiger partial charge in [-0.3, -0.25) is 9.78 Å². The number of rotatable bonds is 5. The number of nitrogens with one attached hydrogen (secondary N) is 1. The van der Waals surface area contributed by atoms with Gasteiger partial charge in [-0.15, -0.1) is 11.3 Å². The first kappa shape index (κ1) is 17.6. The maximum Gasteiger partial charge on any atom is 0.341 e. The Balaban J connectivity index is 1.93. The zero-order chi connectivity index (χ0) is 17.8. The summed E-state index contributed by atoms with van der Waals surface area (Å²) in [6, 6.07) is 3.31. The molecule has 2 aromatic rings. The van der Waals surface area contributed by atoms with Gasteiger partial charge in [0.1, 0.15) is 5.00 Å². The summed E-state index contributed by atoms with van der Waals surface area (Å²) >= 11 is 1.51. The number of hydrogen-bond acceptors (Lipinski definition) is 5. The highest BCUT2D eigenvalue weighted by Gasteiger charge is 2.29. The number of carbonyl (C=O) groups is 2. The molecule has 1 aliphatic rings. The molecule has 0 radical (unpaired) electrons. The topological polar surface area (TPSA) is 68.3 Å². The first-order chi connectivity index (χ1) is 12.1. The van der Waals surface area contributed by atoms with Crippen molar-refractivity contribution in [2.45, 2.75) is 39.5 Å². The molecule has 5 nitrogen and oxygen atoms in total. The van der Waals surface area contributed by atoms with Crippen molar-refractivity contribution in [3.8, 4) is 0 Å². The van der Waals surface area contributed by atoms with Gasteiger partial charge in [0.2, 0.25) is 0 Å². The standard InChI is InChI=1S/C19H22N2O3S/c1-3-12-5-6-14-15(11-12)25-18(16(14)19(23)24-4-2)21-17(22)13-7-9-20-10-8-13/h7-10,12H,3-6,11H2,1-2H3,(H,21,22). The number of anilines is 1. The van der Waals surface area contributed by atoms with Crippen LogP contribution in [-0.2, 0) is 17.6 Å². The van der Waals surface area contributed by atoms with Gasteiger partial charge < -0.3 is 10.1 Å². The molecular weight excluding hydrogens is 336 g/mol. The van der Waals surface area contributed by atoms with Crippen molar-refractivity contribution in [1.29, 1.82) is 0 Å². The number of carbonyl (C=O) groups excluding carboxylic acids is 2. The van der Waals surface area contributed by atoms with E-state index in [0.29, 0.717) is 28.7 Å². The van der Waals surface area contributed by atoms with Crippen molar-refractivity contribution in [3.05, 3.63) is 46.1 Å². The molecule has 0 saturated carbocycles.